The third-order valence-electron chi connectivity index (χ3n) is 3.13. The number of hydrogen-bond donors (Lipinski definition) is 1. The second-order valence-corrected chi connectivity index (χ2v) is 4.99. The van der Waals surface area contributed by atoms with Gasteiger partial charge < -0.3 is 10.6 Å². The first kappa shape index (κ1) is 14.0. The van der Waals surface area contributed by atoms with Gasteiger partial charge in [-0.2, -0.15) is 0 Å². The first-order valence-corrected chi connectivity index (χ1v) is 6.71. The molecular formula is C15H26N2. The van der Waals surface area contributed by atoms with Gasteiger partial charge in [-0.05, 0) is 43.4 Å². The van der Waals surface area contributed by atoms with Crippen molar-refractivity contribution in [2.75, 3.05) is 18.0 Å². The summed E-state index contributed by atoms with van der Waals surface area (Å²) in [6.07, 6.45) is 2.57. The molecule has 17 heavy (non-hydrogen) atoms. The summed E-state index contributed by atoms with van der Waals surface area (Å²) in [5.41, 5.74) is 8.12. The molecule has 0 atom stereocenters. The number of anilines is 1. The van der Waals surface area contributed by atoms with E-state index in [1.165, 1.54) is 24.1 Å². The Bertz CT molecular complexity index is 303. The number of nitrogens with two attached hydrogens (primary N) is 1. The quantitative estimate of drug-likeness (QED) is 0.783. The van der Waals surface area contributed by atoms with Gasteiger partial charge >= 0.3 is 0 Å². The van der Waals surface area contributed by atoms with Crippen LogP contribution in [-0.2, 0) is 6.54 Å². The van der Waals surface area contributed by atoms with E-state index in [2.05, 4.69) is 49.9 Å². The van der Waals surface area contributed by atoms with Gasteiger partial charge in [-0.1, -0.05) is 26.0 Å². The van der Waals surface area contributed by atoms with Crippen LogP contribution in [0.15, 0.2) is 24.3 Å². The molecule has 2 nitrogen and oxygen atoms in total. The van der Waals surface area contributed by atoms with Crippen molar-refractivity contribution in [2.45, 2.75) is 40.2 Å². The van der Waals surface area contributed by atoms with Crippen LogP contribution in [0.4, 0.5) is 5.69 Å². The molecule has 2 N–H and O–H groups in total. The molecule has 0 saturated carbocycles. The zero-order valence-corrected chi connectivity index (χ0v) is 11.4. The third kappa shape index (κ3) is 4.78. The van der Waals surface area contributed by atoms with Gasteiger partial charge in [0, 0.05) is 25.3 Å². The van der Waals surface area contributed by atoms with Crippen LogP contribution in [0.3, 0.4) is 0 Å². The third-order valence-corrected chi connectivity index (χ3v) is 3.13. The Hall–Kier alpha value is -1.02. The number of hydrogen-bond acceptors (Lipinski definition) is 2. The molecule has 0 aliphatic rings. The van der Waals surface area contributed by atoms with Gasteiger partial charge in [0.25, 0.3) is 0 Å². The second-order valence-electron chi connectivity index (χ2n) is 4.99. The lowest BCUT2D eigenvalue weighted by molar-refractivity contribution is 0.551. The monoisotopic (exact) mass is 234 g/mol. The molecule has 0 aliphatic heterocycles. The maximum atomic E-state index is 5.61. The van der Waals surface area contributed by atoms with E-state index in [4.69, 9.17) is 5.73 Å². The molecule has 0 bridgehead atoms. The van der Waals surface area contributed by atoms with E-state index in [-0.39, 0.29) is 0 Å². The van der Waals surface area contributed by atoms with E-state index in [1.54, 1.807) is 0 Å². The van der Waals surface area contributed by atoms with Crippen molar-refractivity contribution in [1.82, 2.24) is 0 Å². The van der Waals surface area contributed by atoms with Crippen LogP contribution in [0.25, 0.3) is 0 Å². The Morgan fingerprint density at radius 1 is 1.18 bits per heavy atom. The van der Waals surface area contributed by atoms with Crippen LogP contribution in [0, 0.1) is 5.92 Å². The van der Waals surface area contributed by atoms with E-state index in [9.17, 15) is 0 Å². The van der Waals surface area contributed by atoms with Gasteiger partial charge in [-0.15, -0.1) is 0 Å². The summed E-state index contributed by atoms with van der Waals surface area (Å²) < 4.78 is 0. The Balaban J connectivity index is 2.53. The zero-order valence-electron chi connectivity index (χ0n) is 11.4. The molecule has 0 fully saturated rings. The minimum Gasteiger partial charge on any atom is -0.372 e. The molecule has 0 spiro atoms. The normalized spacial score (nSPS) is 10.9. The summed E-state index contributed by atoms with van der Waals surface area (Å²) in [6, 6.07) is 8.61. The Labute approximate surface area is 106 Å². The summed E-state index contributed by atoms with van der Waals surface area (Å²) in [5, 5.41) is 0. The van der Waals surface area contributed by atoms with Gasteiger partial charge in [-0.3, -0.25) is 0 Å². The summed E-state index contributed by atoms with van der Waals surface area (Å²) in [6.45, 7) is 9.63. The molecule has 96 valence electrons. The fourth-order valence-electron chi connectivity index (χ4n) is 2.00. The van der Waals surface area contributed by atoms with Gasteiger partial charge in [0.2, 0.25) is 0 Å². The van der Waals surface area contributed by atoms with Gasteiger partial charge in [-0.25, -0.2) is 0 Å². The smallest absolute Gasteiger partial charge is 0.0366 e. The SMILES string of the molecule is CCN(CCCC(C)C)c1ccc(CN)cc1. The lowest BCUT2D eigenvalue weighted by atomic mass is 10.1. The van der Waals surface area contributed by atoms with E-state index in [0.29, 0.717) is 6.54 Å². The molecule has 0 saturated heterocycles. The van der Waals surface area contributed by atoms with E-state index >= 15 is 0 Å². The maximum absolute atomic E-state index is 5.61. The van der Waals surface area contributed by atoms with E-state index < -0.39 is 0 Å². The van der Waals surface area contributed by atoms with Gasteiger partial charge in [0.15, 0.2) is 0 Å². The van der Waals surface area contributed by atoms with Crippen molar-refractivity contribution in [2.24, 2.45) is 11.7 Å². The first-order chi connectivity index (χ1) is 8.17. The van der Waals surface area contributed by atoms with Crippen LogP contribution in [0.5, 0.6) is 0 Å². The molecular weight excluding hydrogens is 208 g/mol. The fourth-order valence-corrected chi connectivity index (χ4v) is 2.00. The van der Waals surface area contributed by atoms with Crippen molar-refractivity contribution in [3.8, 4) is 0 Å². The van der Waals surface area contributed by atoms with Gasteiger partial charge in [0.05, 0.1) is 0 Å². The number of rotatable bonds is 7. The molecule has 2 heteroatoms. The Morgan fingerprint density at radius 3 is 2.29 bits per heavy atom. The molecule has 1 aromatic carbocycles. The molecule has 0 unspecified atom stereocenters. The number of benzene rings is 1. The molecule has 0 heterocycles. The van der Waals surface area contributed by atoms with E-state index in [1.807, 2.05) is 0 Å². The molecule has 0 aromatic heterocycles. The first-order valence-electron chi connectivity index (χ1n) is 6.71. The Morgan fingerprint density at radius 2 is 1.82 bits per heavy atom. The molecule has 0 amide bonds. The Kier molecular flexibility index (Phi) is 6.06. The molecule has 0 radical (unpaired) electrons. The lowest BCUT2D eigenvalue weighted by Crippen LogP contribution is -2.24. The number of nitrogens with zero attached hydrogens (tertiary/aromatic N) is 1. The highest BCUT2D eigenvalue weighted by Crippen LogP contribution is 2.16. The summed E-state index contributed by atoms with van der Waals surface area (Å²) >= 11 is 0. The topological polar surface area (TPSA) is 29.3 Å². The summed E-state index contributed by atoms with van der Waals surface area (Å²) in [7, 11) is 0. The van der Waals surface area contributed by atoms with Crippen LogP contribution in [-0.4, -0.2) is 13.1 Å². The predicted molar refractivity (Wildman–Crippen MR) is 76.3 cm³/mol. The molecule has 1 aromatic rings. The summed E-state index contributed by atoms with van der Waals surface area (Å²) in [4.78, 5) is 2.43. The average Bonchev–Trinajstić information content (AvgIpc) is 2.34. The second kappa shape index (κ2) is 7.33. The molecule has 1 rings (SSSR count). The largest absolute Gasteiger partial charge is 0.372 e. The van der Waals surface area contributed by atoms with Crippen molar-refractivity contribution >= 4 is 5.69 Å². The fraction of sp³-hybridized carbons (Fsp3) is 0.600. The highest BCUT2D eigenvalue weighted by molar-refractivity contribution is 5.47. The van der Waals surface area contributed by atoms with Crippen LogP contribution >= 0.6 is 0 Å². The van der Waals surface area contributed by atoms with Crippen LogP contribution < -0.4 is 10.6 Å². The summed E-state index contributed by atoms with van der Waals surface area (Å²) in [5.74, 6) is 0.799. The predicted octanol–water partition coefficient (Wildman–Crippen LogP) is 3.41. The van der Waals surface area contributed by atoms with Crippen molar-refractivity contribution in [1.29, 1.82) is 0 Å². The minimum absolute atomic E-state index is 0.625. The van der Waals surface area contributed by atoms with Crippen LogP contribution in [0.2, 0.25) is 0 Å². The van der Waals surface area contributed by atoms with Gasteiger partial charge in [0.1, 0.15) is 0 Å². The van der Waals surface area contributed by atoms with Crippen molar-refractivity contribution in [3.63, 3.8) is 0 Å². The molecule has 0 aliphatic carbocycles. The minimum atomic E-state index is 0.625. The highest BCUT2D eigenvalue weighted by Gasteiger charge is 2.04. The standard InChI is InChI=1S/C15H26N2/c1-4-17(11-5-6-13(2)3)15-9-7-14(12-16)8-10-15/h7-10,13H,4-6,11-12,16H2,1-3H3. The van der Waals surface area contributed by atoms with E-state index in [0.717, 1.165) is 19.0 Å². The van der Waals surface area contributed by atoms with Crippen molar-refractivity contribution in [3.05, 3.63) is 29.8 Å². The average molecular weight is 234 g/mol. The zero-order chi connectivity index (χ0) is 12.7. The highest BCUT2D eigenvalue weighted by atomic mass is 15.1. The van der Waals surface area contributed by atoms with Crippen molar-refractivity contribution < 1.29 is 0 Å². The van der Waals surface area contributed by atoms with Crippen LogP contribution in [0.1, 0.15) is 39.2 Å². The maximum Gasteiger partial charge on any atom is 0.0366 e. The lowest BCUT2D eigenvalue weighted by Gasteiger charge is -2.23.